The van der Waals surface area contributed by atoms with Crippen LogP contribution in [-0.4, -0.2) is 53.1 Å². The van der Waals surface area contributed by atoms with Crippen molar-refractivity contribution in [2.75, 3.05) is 31.1 Å². The van der Waals surface area contributed by atoms with E-state index in [-0.39, 0.29) is 25.7 Å². The van der Waals surface area contributed by atoms with E-state index in [1.807, 2.05) is 41.3 Å². The highest BCUT2D eigenvalue weighted by Gasteiger charge is 2.19. The molecule has 2 heterocycles. The summed E-state index contributed by atoms with van der Waals surface area (Å²) in [6, 6.07) is 11.9. The van der Waals surface area contributed by atoms with Crippen molar-refractivity contribution in [1.29, 1.82) is 0 Å². The number of carbonyl (C=O) groups excluding carboxylic acids is 2. The molecular formula is C21H30N6O2. The van der Waals surface area contributed by atoms with Gasteiger partial charge >= 0.3 is 0 Å². The molecule has 8 nitrogen and oxygen atoms in total. The highest BCUT2D eigenvalue weighted by Crippen LogP contribution is 2.14. The Morgan fingerprint density at radius 3 is 2.17 bits per heavy atom. The van der Waals surface area contributed by atoms with Crippen molar-refractivity contribution in [1.82, 2.24) is 20.5 Å². The molecular weight excluding hydrogens is 368 g/mol. The molecule has 0 aliphatic carbocycles. The summed E-state index contributed by atoms with van der Waals surface area (Å²) >= 11 is 0. The van der Waals surface area contributed by atoms with Crippen molar-refractivity contribution in [3.05, 3.63) is 53.2 Å². The van der Waals surface area contributed by atoms with E-state index in [0.717, 1.165) is 56.1 Å². The average molecular weight is 399 g/mol. The Morgan fingerprint density at radius 1 is 0.966 bits per heavy atom. The topological polar surface area (TPSA) is 104 Å². The number of amides is 2. The molecule has 1 aliphatic rings. The van der Waals surface area contributed by atoms with Crippen LogP contribution < -0.4 is 16.2 Å². The Morgan fingerprint density at radius 2 is 1.62 bits per heavy atom. The normalized spacial score (nSPS) is 13.6. The predicted octanol–water partition coefficient (Wildman–Crippen LogP) is 1.10. The quantitative estimate of drug-likeness (QED) is 0.429. The molecule has 0 spiro atoms. The number of hydrazine groups is 1. The third-order valence-electron chi connectivity index (χ3n) is 4.97. The summed E-state index contributed by atoms with van der Waals surface area (Å²) in [7, 11) is 0. The summed E-state index contributed by atoms with van der Waals surface area (Å²) in [6.45, 7) is 4.61. The van der Waals surface area contributed by atoms with E-state index in [0.29, 0.717) is 0 Å². The lowest BCUT2D eigenvalue weighted by Gasteiger charge is -2.34. The van der Waals surface area contributed by atoms with Gasteiger partial charge in [-0.05, 0) is 36.1 Å². The van der Waals surface area contributed by atoms with E-state index in [4.69, 9.17) is 5.84 Å². The number of nitrogens with zero attached hydrogens (tertiary/aromatic N) is 4. The molecule has 29 heavy (non-hydrogen) atoms. The molecule has 1 aromatic carbocycles. The third-order valence-corrected chi connectivity index (χ3v) is 4.97. The van der Waals surface area contributed by atoms with Crippen molar-refractivity contribution in [2.45, 2.75) is 33.6 Å². The Bertz CT molecular complexity index is 799. The van der Waals surface area contributed by atoms with Gasteiger partial charge in [-0.15, -0.1) is 5.10 Å². The SMILES string of the molecule is C.CC(=O)N1CCN(c2ccc(CCc3ccc(CC(=O)NN)cc3)nn2)CC1. The molecule has 0 bridgehead atoms. The molecule has 0 unspecified atom stereocenters. The second kappa shape index (κ2) is 10.5. The number of hydrogen-bond donors (Lipinski definition) is 2. The summed E-state index contributed by atoms with van der Waals surface area (Å²) in [5.74, 6) is 5.88. The minimum absolute atomic E-state index is 0. The molecule has 0 atom stereocenters. The van der Waals surface area contributed by atoms with E-state index in [1.165, 1.54) is 5.56 Å². The standard InChI is InChI=1S/C20H26N6O2.CH4/c1-15(27)25-10-12-26(13-11-25)19-9-8-18(23-24-19)7-6-16-2-4-17(5-3-16)14-20(28)22-21;/h2-5,8-9H,6-7,10-14,21H2,1H3,(H,22,28);1H4. The van der Waals surface area contributed by atoms with Crippen molar-refractivity contribution < 1.29 is 9.59 Å². The molecule has 2 amide bonds. The Kier molecular flexibility index (Phi) is 8.09. The number of piperazine rings is 1. The number of nitrogens with two attached hydrogens (primary N) is 1. The summed E-state index contributed by atoms with van der Waals surface area (Å²) in [4.78, 5) is 26.7. The molecule has 156 valence electrons. The van der Waals surface area contributed by atoms with Gasteiger partial charge in [0.1, 0.15) is 0 Å². The summed E-state index contributed by atoms with van der Waals surface area (Å²) in [5.41, 5.74) is 5.19. The Hall–Kier alpha value is -3.00. The maximum atomic E-state index is 11.4. The number of nitrogens with one attached hydrogen (secondary N) is 1. The largest absolute Gasteiger partial charge is 0.352 e. The average Bonchev–Trinajstić information content (AvgIpc) is 2.73. The summed E-state index contributed by atoms with van der Waals surface area (Å²) in [6.07, 6.45) is 1.94. The molecule has 1 aliphatic heterocycles. The van der Waals surface area contributed by atoms with Gasteiger partial charge in [0.05, 0.1) is 12.1 Å². The van der Waals surface area contributed by atoms with Crippen LogP contribution in [0, 0.1) is 0 Å². The number of anilines is 1. The third kappa shape index (κ3) is 6.25. The van der Waals surface area contributed by atoms with Crippen LogP contribution in [0.2, 0.25) is 0 Å². The van der Waals surface area contributed by atoms with Crippen LogP contribution in [0.5, 0.6) is 0 Å². The van der Waals surface area contributed by atoms with Gasteiger partial charge in [0.15, 0.2) is 5.82 Å². The van der Waals surface area contributed by atoms with Crippen LogP contribution in [-0.2, 0) is 28.9 Å². The van der Waals surface area contributed by atoms with Crippen LogP contribution in [0.4, 0.5) is 5.82 Å². The van der Waals surface area contributed by atoms with Gasteiger partial charge in [0.25, 0.3) is 0 Å². The fourth-order valence-electron chi connectivity index (χ4n) is 3.24. The predicted molar refractivity (Wildman–Crippen MR) is 113 cm³/mol. The zero-order valence-electron chi connectivity index (χ0n) is 16.1. The maximum Gasteiger partial charge on any atom is 0.238 e. The Balaban J connectivity index is 0.00000300. The van der Waals surface area contributed by atoms with Crippen LogP contribution in [0.15, 0.2) is 36.4 Å². The number of benzene rings is 1. The molecule has 8 heteroatoms. The van der Waals surface area contributed by atoms with Crippen molar-refractivity contribution in [2.24, 2.45) is 5.84 Å². The maximum absolute atomic E-state index is 11.4. The zero-order chi connectivity index (χ0) is 19.9. The van der Waals surface area contributed by atoms with Crippen LogP contribution in [0.3, 0.4) is 0 Å². The Labute approximate surface area is 172 Å². The minimum atomic E-state index is -0.203. The molecule has 2 aromatic rings. The molecule has 1 aromatic heterocycles. The first-order valence-electron chi connectivity index (χ1n) is 9.45. The van der Waals surface area contributed by atoms with E-state index in [1.54, 1.807) is 6.92 Å². The fourth-order valence-corrected chi connectivity index (χ4v) is 3.24. The first kappa shape index (κ1) is 22.3. The second-order valence-electron chi connectivity index (χ2n) is 6.94. The van der Waals surface area contributed by atoms with Gasteiger partial charge in [0, 0.05) is 33.1 Å². The number of carbonyl (C=O) groups is 2. The molecule has 1 fully saturated rings. The van der Waals surface area contributed by atoms with Gasteiger partial charge in [0.2, 0.25) is 11.8 Å². The van der Waals surface area contributed by atoms with Gasteiger partial charge < -0.3 is 9.80 Å². The highest BCUT2D eigenvalue weighted by molar-refractivity contribution is 5.77. The smallest absolute Gasteiger partial charge is 0.238 e. The van der Waals surface area contributed by atoms with Crippen molar-refractivity contribution in [3.8, 4) is 0 Å². The van der Waals surface area contributed by atoms with Gasteiger partial charge in [-0.1, -0.05) is 31.7 Å². The second-order valence-corrected chi connectivity index (χ2v) is 6.94. The lowest BCUT2D eigenvalue weighted by molar-refractivity contribution is -0.129. The lowest BCUT2D eigenvalue weighted by Crippen LogP contribution is -2.48. The van der Waals surface area contributed by atoms with E-state index in [2.05, 4.69) is 20.5 Å². The van der Waals surface area contributed by atoms with Crippen molar-refractivity contribution >= 4 is 17.6 Å². The van der Waals surface area contributed by atoms with E-state index < -0.39 is 0 Å². The minimum Gasteiger partial charge on any atom is -0.352 e. The fraction of sp³-hybridized carbons (Fsp3) is 0.429. The van der Waals surface area contributed by atoms with Crippen LogP contribution >= 0.6 is 0 Å². The van der Waals surface area contributed by atoms with Crippen molar-refractivity contribution in [3.63, 3.8) is 0 Å². The van der Waals surface area contributed by atoms with E-state index in [9.17, 15) is 9.59 Å². The van der Waals surface area contributed by atoms with Gasteiger partial charge in [-0.2, -0.15) is 5.10 Å². The zero-order valence-corrected chi connectivity index (χ0v) is 16.1. The summed E-state index contributed by atoms with van der Waals surface area (Å²) < 4.78 is 0. The first-order valence-corrected chi connectivity index (χ1v) is 9.45. The van der Waals surface area contributed by atoms with E-state index >= 15 is 0 Å². The summed E-state index contributed by atoms with van der Waals surface area (Å²) in [5, 5.41) is 8.71. The molecule has 1 saturated heterocycles. The number of hydrogen-bond acceptors (Lipinski definition) is 6. The molecule has 0 saturated carbocycles. The lowest BCUT2D eigenvalue weighted by atomic mass is 10.0. The number of aryl methyl sites for hydroxylation is 2. The monoisotopic (exact) mass is 398 g/mol. The highest BCUT2D eigenvalue weighted by atomic mass is 16.2. The number of rotatable bonds is 6. The van der Waals surface area contributed by atoms with Gasteiger partial charge in [-0.3, -0.25) is 15.0 Å². The number of aromatic nitrogens is 2. The molecule has 3 N–H and O–H groups in total. The van der Waals surface area contributed by atoms with Crippen LogP contribution in [0.25, 0.3) is 0 Å². The molecule has 0 radical (unpaired) electrons. The van der Waals surface area contributed by atoms with Crippen LogP contribution in [0.1, 0.15) is 31.2 Å². The van der Waals surface area contributed by atoms with Gasteiger partial charge in [-0.25, -0.2) is 5.84 Å². The first-order chi connectivity index (χ1) is 13.5. The molecule has 3 rings (SSSR count).